The van der Waals surface area contributed by atoms with Crippen molar-refractivity contribution < 1.29 is 4.79 Å². The second kappa shape index (κ2) is 3.05. The molecule has 57 valence electrons. The molecule has 0 aliphatic heterocycles. The van der Waals surface area contributed by atoms with Crippen LogP contribution in [0.25, 0.3) is 0 Å². The zero-order valence-corrected chi connectivity index (χ0v) is 7.20. The number of rotatable bonds is 1. The maximum Gasteiger partial charge on any atom is 0.235 e. The van der Waals surface area contributed by atoms with Crippen LogP contribution in [-0.2, 0) is 4.79 Å². The molecule has 0 heterocycles. The number of halogens is 1. The molecule has 0 saturated carbocycles. The Hall–Kier alpha value is -0.820. The van der Waals surface area contributed by atoms with E-state index in [-0.39, 0.29) is 0 Å². The van der Waals surface area contributed by atoms with Crippen LogP contribution in [0.5, 0.6) is 0 Å². The molecule has 0 atom stereocenters. The first kappa shape index (κ1) is 8.28. The molecule has 2 heteroatoms. The fraction of sp³-hybridized carbons (Fsp3) is 0.222. The van der Waals surface area contributed by atoms with Crippen molar-refractivity contribution in [2.75, 3.05) is 0 Å². The van der Waals surface area contributed by atoms with E-state index in [0.29, 0.717) is 10.6 Å². The van der Waals surface area contributed by atoms with Crippen molar-refractivity contribution in [3.8, 4) is 0 Å². The van der Waals surface area contributed by atoms with Gasteiger partial charge in [0, 0.05) is 5.56 Å². The van der Waals surface area contributed by atoms with E-state index in [2.05, 4.69) is 0 Å². The topological polar surface area (TPSA) is 17.1 Å². The van der Waals surface area contributed by atoms with Gasteiger partial charge < -0.3 is 0 Å². The van der Waals surface area contributed by atoms with Gasteiger partial charge in [0.05, 0.1) is 5.02 Å². The van der Waals surface area contributed by atoms with Crippen molar-refractivity contribution >= 4 is 17.9 Å². The van der Waals surface area contributed by atoms with E-state index < -0.39 is 0 Å². The zero-order chi connectivity index (χ0) is 8.43. The highest BCUT2D eigenvalue weighted by Crippen LogP contribution is 2.21. The molecule has 11 heavy (non-hydrogen) atoms. The second-order valence-electron chi connectivity index (χ2n) is 2.47. The highest BCUT2D eigenvalue weighted by Gasteiger charge is 2.04. The third-order valence-corrected chi connectivity index (χ3v) is 2.25. The van der Waals surface area contributed by atoms with Crippen molar-refractivity contribution in [3.63, 3.8) is 0 Å². The molecule has 1 radical (unpaired) electrons. The number of aryl methyl sites for hydroxylation is 1. The molecule has 0 fully saturated rings. The first-order chi connectivity index (χ1) is 5.16. The Morgan fingerprint density at radius 2 is 2.00 bits per heavy atom. The van der Waals surface area contributed by atoms with Gasteiger partial charge in [-0.15, -0.1) is 0 Å². The third-order valence-electron chi connectivity index (χ3n) is 1.77. The molecule has 1 aromatic rings. The molecule has 0 aromatic heterocycles. The summed E-state index contributed by atoms with van der Waals surface area (Å²) in [5.74, 6) is 0. The maximum absolute atomic E-state index is 10.3. The summed E-state index contributed by atoms with van der Waals surface area (Å²) in [4.78, 5) is 10.3. The van der Waals surface area contributed by atoms with Gasteiger partial charge in [-0.05, 0) is 31.0 Å². The summed E-state index contributed by atoms with van der Waals surface area (Å²) >= 11 is 5.84. The Balaban J connectivity index is 3.36. The van der Waals surface area contributed by atoms with Crippen LogP contribution in [0.3, 0.4) is 0 Å². The van der Waals surface area contributed by atoms with Crippen LogP contribution >= 0.6 is 11.6 Å². The molecule has 0 unspecified atom stereocenters. The average Bonchev–Trinajstić information content (AvgIpc) is 2.01. The van der Waals surface area contributed by atoms with E-state index in [1.165, 1.54) is 0 Å². The third kappa shape index (κ3) is 1.43. The van der Waals surface area contributed by atoms with Gasteiger partial charge >= 0.3 is 0 Å². The minimum Gasteiger partial charge on any atom is -0.285 e. The van der Waals surface area contributed by atoms with E-state index in [1.807, 2.05) is 19.9 Å². The Morgan fingerprint density at radius 3 is 2.55 bits per heavy atom. The van der Waals surface area contributed by atoms with E-state index in [9.17, 15) is 4.79 Å². The number of benzene rings is 1. The fourth-order valence-corrected chi connectivity index (χ4v) is 1.11. The molecular formula is C9H8ClO. The SMILES string of the molecule is Cc1ccc([C]=O)c(Cl)c1C. The standard InChI is InChI=1S/C9H8ClO/c1-6-3-4-8(5-11)9(10)7(6)2/h3-4H,1-2H3. The number of hydrogen-bond donors (Lipinski definition) is 0. The molecule has 1 rings (SSSR count). The molecule has 0 aliphatic rings. The summed E-state index contributed by atoms with van der Waals surface area (Å²) in [7, 11) is 0. The highest BCUT2D eigenvalue weighted by atomic mass is 35.5. The lowest BCUT2D eigenvalue weighted by atomic mass is 10.1. The number of carbonyl (C=O) groups excluding carboxylic acids is 1. The molecule has 1 nitrogen and oxygen atoms in total. The smallest absolute Gasteiger partial charge is 0.235 e. The minimum atomic E-state index is 0.440. The van der Waals surface area contributed by atoms with Gasteiger partial charge in [0.15, 0.2) is 0 Å². The number of hydrogen-bond acceptors (Lipinski definition) is 1. The lowest BCUT2D eigenvalue weighted by Gasteiger charge is -2.02. The van der Waals surface area contributed by atoms with Crippen LogP contribution in [0.1, 0.15) is 16.7 Å². The van der Waals surface area contributed by atoms with Gasteiger partial charge in [-0.2, -0.15) is 0 Å². The van der Waals surface area contributed by atoms with Crippen molar-refractivity contribution in [3.05, 3.63) is 33.8 Å². The second-order valence-corrected chi connectivity index (χ2v) is 2.85. The van der Waals surface area contributed by atoms with Crippen molar-refractivity contribution in [2.45, 2.75) is 13.8 Å². The molecule has 0 bridgehead atoms. The Bertz CT molecular complexity index is 292. The van der Waals surface area contributed by atoms with E-state index in [4.69, 9.17) is 11.6 Å². The molecule has 0 saturated heterocycles. The maximum atomic E-state index is 10.3. The molecule has 0 aliphatic carbocycles. The lowest BCUT2D eigenvalue weighted by molar-refractivity contribution is 0.562. The van der Waals surface area contributed by atoms with Crippen LogP contribution in [0.4, 0.5) is 0 Å². The Labute approximate surface area is 71.0 Å². The van der Waals surface area contributed by atoms with Crippen LogP contribution in [-0.4, -0.2) is 6.29 Å². The Kier molecular flexibility index (Phi) is 2.30. The molecule has 0 spiro atoms. The summed E-state index contributed by atoms with van der Waals surface area (Å²) in [6, 6.07) is 3.54. The summed E-state index contributed by atoms with van der Waals surface area (Å²) in [6.45, 7) is 3.84. The quantitative estimate of drug-likeness (QED) is 0.628. The average molecular weight is 168 g/mol. The van der Waals surface area contributed by atoms with Gasteiger partial charge in [0.2, 0.25) is 6.29 Å². The van der Waals surface area contributed by atoms with Gasteiger partial charge in [-0.1, -0.05) is 17.7 Å². The monoisotopic (exact) mass is 167 g/mol. The normalized spacial score (nSPS) is 9.73. The van der Waals surface area contributed by atoms with Gasteiger partial charge in [0.25, 0.3) is 0 Å². The minimum absolute atomic E-state index is 0.440. The van der Waals surface area contributed by atoms with E-state index >= 15 is 0 Å². The van der Waals surface area contributed by atoms with Crippen LogP contribution in [0.15, 0.2) is 12.1 Å². The predicted molar refractivity (Wildman–Crippen MR) is 45.7 cm³/mol. The van der Waals surface area contributed by atoms with Crippen molar-refractivity contribution in [1.82, 2.24) is 0 Å². The lowest BCUT2D eigenvalue weighted by Crippen LogP contribution is -1.88. The molecule has 0 amide bonds. The highest BCUT2D eigenvalue weighted by molar-refractivity contribution is 6.33. The van der Waals surface area contributed by atoms with Crippen molar-refractivity contribution in [2.24, 2.45) is 0 Å². The van der Waals surface area contributed by atoms with Crippen molar-refractivity contribution in [1.29, 1.82) is 0 Å². The van der Waals surface area contributed by atoms with Gasteiger partial charge in [-0.25, -0.2) is 0 Å². The zero-order valence-electron chi connectivity index (χ0n) is 6.44. The van der Waals surface area contributed by atoms with Gasteiger partial charge in [0.1, 0.15) is 0 Å². The first-order valence-electron chi connectivity index (χ1n) is 3.30. The van der Waals surface area contributed by atoms with E-state index in [0.717, 1.165) is 11.1 Å². The van der Waals surface area contributed by atoms with Crippen LogP contribution in [0.2, 0.25) is 5.02 Å². The van der Waals surface area contributed by atoms with Crippen LogP contribution < -0.4 is 0 Å². The summed E-state index contributed by atoms with van der Waals surface area (Å²) in [6.07, 6.45) is 1.78. The van der Waals surface area contributed by atoms with Crippen LogP contribution in [0, 0.1) is 13.8 Å². The Morgan fingerprint density at radius 1 is 1.36 bits per heavy atom. The summed E-state index contributed by atoms with van der Waals surface area (Å²) in [5, 5.41) is 0.514. The summed E-state index contributed by atoms with van der Waals surface area (Å²) < 4.78 is 0. The largest absolute Gasteiger partial charge is 0.285 e. The van der Waals surface area contributed by atoms with Gasteiger partial charge in [-0.3, -0.25) is 4.79 Å². The van der Waals surface area contributed by atoms with E-state index in [1.54, 1.807) is 12.4 Å². The molecule has 0 N–H and O–H groups in total. The summed E-state index contributed by atoms with van der Waals surface area (Å²) in [5.41, 5.74) is 2.48. The first-order valence-corrected chi connectivity index (χ1v) is 3.68. The molecule has 1 aromatic carbocycles. The fourth-order valence-electron chi connectivity index (χ4n) is 0.860. The molecular weight excluding hydrogens is 160 g/mol. The predicted octanol–water partition coefficient (Wildman–Crippen LogP) is 2.41.